The van der Waals surface area contributed by atoms with E-state index >= 15 is 0 Å². The Hall–Kier alpha value is -1.10. The van der Waals surface area contributed by atoms with Crippen molar-refractivity contribution in [1.82, 2.24) is 10.2 Å². The summed E-state index contributed by atoms with van der Waals surface area (Å²) in [5, 5.41) is 12.6. The Labute approximate surface area is 120 Å². The van der Waals surface area contributed by atoms with Gasteiger partial charge in [-0.3, -0.25) is 9.59 Å². The predicted octanol–water partition coefficient (Wildman–Crippen LogP) is 1.34. The van der Waals surface area contributed by atoms with E-state index in [0.29, 0.717) is 18.9 Å². The highest BCUT2D eigenvalue weighted by Crippen LogP contribution is 2.34. The van der Waals surface area contributed by atoms with Crippen molar-refractivity contribution in [3.05, 3.63) is 0 Å². The number of carbonyl (C=O) groups excluding carboxylic acids is 1. The van der Waals surface area contributed by atoms with E-state index in [9.17, 15) is 14.7 Å². The number of nitrogens with zero attached hydrogens (tertiary/aromatic N) is 1. The second-order valence-corrected chi connectivity index (χ2v) is 6.77. The molecule has 2 aliphatic rings. The summed E-state index contributed by atoms with van der Waals surface area (Å²) < 4.78 is 0. The normalized spacial score (nSPS) is 27.6. The molecule has 2 unspecified atom stereocenters. The quantitative estimate of drug-likeness (QED) is 0.816. The summed E-state index contributed by atoms with van der Waals surface area (Å²) in [6.07, 6.45) is 3.49. The molecule has 0 aromatic carbocycles. The van der Waals surface area contributed by atoms with Gasteiger partial charge in [-0.05, 0) is 58.0 Å². The molecule has 0 saturated carbocycles. The molecule has 0 aromatic rings. The molecule has 114 valence electrons. The van der Waals surface area contributed by atoms with Crippen LogP contribution in [0.2, 0.25) is 0 Å². The van der Waals surface area contributed by atoms with Crippen LogP contribution >= 0.6 is 0 Å². The molecule has 0 spiro atoms. The zero-order valence-electron chi connectivity index (χ0n) is 12.5. The third-order valence-electron chi connectivity index (χ3n) is 4.97. The van der Waals surface area contributed by atoms with Crippen molar-refractivity contribution in [3.8, 4) is 0 Å². The summed E-state index contributed by atoms with van der Waals surface area (Å²) >= 11 is 0. The van der Waals surface area contributed by atoms with E-state index in [2.05, 4.69) is 5.32 Å². The first-order valence-electron chi connectivity index (χ1n) is 7.63. The highest BCUT2D eigenvalue weighted by Gasteiger charge is 2.40. The van der Waals surface area contributed by atoms with E-state index in [-0.39, 0.29) is 11.8 Å². The molecular formula is C15H26N2O3. The van der Waals surface area contributed by atoms with E-state index in [1.807, 2.05) is 4.90 Å². The molecule has 2 fully saturated rings. The molecule has 0 aromatic heterocycles. The van der Waals surface area contributed by atoms with Crippen molar-refractivity contribution in [1.29, 1.82) is 0 Å². The number of rotatable bonds is 4. The van der Waals surface area contributed by atoms with Gasteiger partial charge in [0.25, 0.3) is 0 Å². The van der Waals surface area contributed by atoms with E-state index in [1.165, 1.54) is 0 Å². The average molecular weight is 282 g/mol. The maximum Gasteiger partial charge on any atom is 0.309 e. The smallest absolute Gasteiger partial charge is 0.309 e. The summed E-state index contributed by atoms with van der Waals surface area (Å²) in [5.74, 6) is -0.0591. The van der Waals surface area contributed by atoms with Crippen LogP contribution in [0, 0.1) is 17.3 Å². The summed E-state index contributed by atoms with van der Waals surface area (Å²) in [5.41, 5.74) is -0.756. The molecule has 5 nitrogen and oxygen atoms in total. The molecule has 0 aliphatic carbocycles. The van der Waals surface area contributed by atoms with Crippen molar-refractivity contribution in [2.75, 3.05) is 26.2 Å². The number of hydrogen-bond acceptors (Lipinski definition) is 3. The molecule has 2 atom stereocenters. The molecule has 1 amide bonds. The average Bonchev–Trinajstić information content (AvgIpc) is 2.91. The molecule has 2 saturated heterocycles. The Morgan fingerprint density at radius 1 is 1.35 bits per heavy atom. The molecule has 5 heteroatoms. The topological polar surface area (TPSA) is 69.6 Å². The fraction of sp³-hybridized carbons (Fsp3) is 0.867. The van der Waals surface area contributed by atoms with Gasteiger partial charge >= 0.3 is 5.97 Å². The Morgan fingerprint density at radius 3 is 2.70 bits per heavy atom. The largest absolute Gasteiger partial charge is 0.481 e. The fourth-order valence-corrected chi connectivity index (χ4v) is 3.23. The van der Waals surface area contributed by atoms with E-state index < -0.39 is 11.4 Å². The van der Waals surface area contributed by atoms with Gasteiger partial charge in [0.2, 0.25) is 5.91 Å². The fourth-order valence-electron chi connectivity index (χ4n) is 3.23. The lowest BCUT2D eigenvalue weighted by atomic mass is 9.74. The lowest BCUT2D eigenvalue weighted by molar-refractivity contribution is -0.153. The van der Waals surface area contributed by atoms with Crippen LogP contribution < -0.4 is 5.32 Å². The number of amides is 1. The minimum absolute atomic E-state index is 0.0550. The highest BCUT2D eigenvalue weighted by molar-refractivity contribution is 5.77. The van der Waals surface area contributed by atoms with Gasteiger partial charge in [0, 0.05) is 19.5 Å². The first kappa shape index (κ1) is 15.3. The summed E-state index contributed by atoms with van der Waals surface area (Å²) in [6.45, 7) is 6.86. The van der Waals surface area contributed by atoms with Gasteiger partial charge in [-0.25, -0.2) is 0 Å². The number of hydrogen-bond donors (Lipinski definition) is 2. The van der Waals surface area contributed by atoms with Gasteiger partial charge in [0.05, 0.1) is 5.41 Å². The molecule has 2 aliphatic heterocycles. The summed E-state index contributed by atoms with van der Waals surface area (Å²) in [7, 11) is 0. The summed E-state index contributed by atoms with van der Waals surface area (Å²) in [6, 6.07) is 0. The van der Waals surface area contributed by atoms with Crippen LogP contribution in [0.4, 0.5) is 0 Å². The predicted molar refractivity (Wildman–Crippen MR) is 76.3 cm³/mol. The second kappa shape index (κ2) is 6.12. The number of piperidine rings is 1. The van der Waals surface area contributed by atoms with Crippen LogP contribution in [-0.2, 0) is 9.59 Å². The second-order valence-electron chi connectivity index (χ2n) is 6.77. The first-order chi connectivity index (χ1) is 9.41. The van der Waals surface area contributed by atoms with E-state index in [0.717, 1.165) is 38.9 Å². The first-order valence-corrected chi connectivity index (χ1v) is 7.63. The lowest BCUT2D eigenvalue weighted by Gasteiger charge is -2.39. The van der Waals surface area contributed by atoms with E-state index in [1.54, 1.807) is 13.8 Å². The minimum Gasteiger partial charge on any atom is -0.481 e. The van der Waals surface area contributed by atoms with Crippen molar-refractivity contribution >= 4 is 11.9 Å². The molecule has 0 bridgehead atoms. The number of aliphatic carboxylic acids is 1. The Kier molecular flexibility index (Phi) is 4.68. The van der Waals surface area contributed by atoms with Crippen LogP contribution in [-0.4, -0.2) is 48.1 Å². The van der Waals surface area contributed by atoms with Gasteiger partial charge < -0.3 is 15.3 Å². The Balaban J connectivity index is 1.92. The van der Waals surface area contributed by atoms with Crippen molar-refractivity contribution < 1.29 is 14.7 Å². The van der Waals surface area contributed by atoms with Crippen LogP contribution in [0.3, 0.4) is 0 Å². The van der Waals surface area contributed by atoms with Gasteiger partial charge in [-0.2, -0.15) is 0 Å². The van der Waals surface area contributed by atoms with Crippen LogP contribution in [0.5, 0.6) is 0 Å². The maximum absolute atomic E-state index is 12.3. The van der Waals surface area contributed by atoms with Crippen molar-refractivity contribution in [3.63, 3.8) is 0 Å². The van der Waals surface area contributed by atoms with Gasteiger partial charge in [-0.1, -0.05) is 0 Å². The molecule has 2 N–H and O–H groups in total. The van der Waals surface area contributed by atoms with Gasteiger partial charge in [0.1, 0.15) is 0 Å². The van der Waals surface area contributed by atoms with E-state index in [4.69, 9.17) is 0 Å². The molecule has 0 radical (unpaired) electrons. The zero-order valence-corrected chi connectivity index (χ0v) is 12.5. The molecule has 20 heavy (non-hydrogen) atoms. The number of carboxylic acid groups (broad SMARTS) is 1. The van der Waals surface area contributed by atoms with Crippen LogP contribution in [0.25, 0.3) is 0 Å². The standard InChI is InChI=1S/C15H26N2O3/c1-15(2,14(19)20)12-4-3-7-17(10-12)13(18)8-11-5-6-16-9-11/h11-12,16H,3-10H2,1-2H3,(H,19,20). The van der Waals surface area contributed by atoms with Crippen molar-refractivity contribution in [2.24, 2.45) is 17.3 Å². The zero-order chi connectivity index (χ0) is 14.8. The Morgan fingerprint density at radius 2 is 2.10 bits per heavy atom. The molecular weight excluding hydrogens is 256 g/mol. The number of nitrogens with one attached hydrogen (secondary N) is 1. The number of carbonyl (C=O) groups is 2. The van der Waals surface area contributed by atoms with Crippen molar-refractivity contribution in [2.45, 2.75) is 39.5 Å². The lowest BCUT2D eigenvalue weighted by Crippen LogP contribution is -2.47. The summed E-state index contributed by atoms with van der Waals surface area (Å²) in [4.78, 5) is 25.6. The van der Waals surface area contributed by atoms with Gasteiger partial charge in [0.15, 0.2) is 0 Å². The SMILES string of the molecule is CC(C)(C(=O)O)C1CCCN(C(=O)CC2CCNC2)C1. The van der Waals surface area contributed by atoms with Crippen LogP contribution in [0.1, 0.15) is 39.5 Å². The third-order valence-corrected chi connectivity index (χ3v) is 4.97. The maximum atomic E-state index is 12.3. The highest BCUT2D eigenvalue weighted by atomic mass is 16.4. The number of carboxylic acids is 1. The monoisotopic (exact) mass is 282 g/mol. The molecule has 2 heterocycles. The van der Waals surface area contributed by atoms with Crippen LogP contribution in [0.15, 0.2) is 0 Å². The van der Waals surface area contributed by atoms with Gasteiger partial charge in [-0.15, -0.1) is 0 Å². The number of likely N-dealkylation sites (tertiary alicyclic amines) is 1. The minimum atomic E-state index is -0.767. The third kappa shape index (κ3) is 3.32. The molecule has 2 rings (SSSR count). The Bertz CT molecular complexity index is 375.